The fourth-order valence-corrected chi connectivity index (χ4v) is 3.31. The number of nitrogens with zero attached hydrogens (tertiary/aromatic N) is 1. The monoisotopic (exact) mass is 334 g/mol. The third-order valence-corrected chi connectivity index (χ3v) is 4.84. The Labute approximate surface area is 145 Å². The van der Waals surface area contributed by atoms with E-state index in [4.69, 9.17) is 12.6 Å². The van der Waals surface area contributed by atoms with Crippen LogP contribution in [0.3, 0.4) is 0 Å². The molecule has 7 heteroatoms. The van der Waals surface area contributed by atoms with Crippen molar-refractivity contribution < 1.29 is 19.1 Å². The van der Waals surface area contributed by atoms with Crippen LogP contribution in [0.4, 0.5) is 4.79 Å². The standard InChI is InChI=1S/C17H27BN2O4/c1-6-9(2)13(19-16(23)24-17(3,4)5)15(22)20-11-7-10(11)8-12(20)14(18)21/h9-13H,6-8H2,1-5H3,(H,19,23)/t9?,10?,11?,12-,13-/m0/s1. The molecule has 132 valence electrons. The Balaban J connectivity index is 2.13. The number of piperidine rings is 1. The molecule has 3 unspecified atom stereocenters. The highest BCUT2D eigenvalue weighted by Crippen LogP contribution is 2.48. The molecule has 0 aromatic carbocycles. The summed E-state index contributed by atoms with van der Waals surface area (Å²) in [7, 11) is 5.46. The molecular formula is C17H27BN2O4. The summed E-state index contributed by atoms with van der Waals surface area (Å²) in [4.78, 5) is 38.4. The van der Waals surface area contributed by atoms with Crippen LogP contribution in [0.1, 0.15) is 53.9 Å². The Hall–Kier alpha value is -1.53. The van der Waals surface area contributed by atoms with Crippen molar-refractivity contribution in [3.05, 3.63) is 0 Å². The van der Waals surface area contributed by atoms with E-state index in [2.05, 4.69) is 5.32 Å². The maximum atomic E-state index is 13.0. The lowest BCUT2D eigenvalue weighted by Crippen LogP contribution is -2.55. The molecule has 1 aliphatic carbocycles. The summed E-state index contributed by atoms with van der Waals surface area (Å²) < 4.78 is 5.27. The molecule has 0 spiro atoms. The molecule has 2 radical (unpaired) electrons. The Morgan fingerprint density at radius 3 is 2.42 bits per heavy atom. The van der Waals surface area contributed by atoms with E-state index < -0.39 is 29.5 Å². The van der Waals surface area contributed by atoms with Gasteiger partial charge in [-0.05, 0) is 45.4 Å². The topological polar surface area (TPSA) is 75.7 Å². The molecule has 2 fully saturated rings. The minimum absolute atomic E-state index is 0.0728. The van der Waals surface area contributed by atoms with E-state index in [9.17, 15) is 14.4 Å². The number of carbonyl (C=O) groups excluding carboxylic acids is 3. The smallest absolute Gasteiger partial charge is 0.408 e. The van der Waals surface area contributed by atoms with Crippen LogP contribution in [0, 0.1) is 11.8 Å². The Bertz CT molecular complexity index is 531. The summed E-state index contributed by atoms with van der Waals surface area (Å²) in [6, 6.07) is -1.19. The number of fused-ring (bicyclic) bond motifs is 1. The zero-order chi connectivity index (χ0) is 18.2. The van der Waals surface area contributed by atoms with Crippen molar-refractivity contribution in [2.45, 2.75) is 77.6 Å². The molecule has 2 amide bonds. The van der Waals surface area contributed by atoms with E-state index in [0.717, 1.165) is 12.8 Å². The van der Waals surface area contributed by atoms with Crippen LogP contribution in [-0.2, 0) is 14.3 Å². The second-order valence-corrected chi connectivity index (χ2v) is 7.97. The van der Waals surface area contributed by atoms with Gasteiger partial charge in [0.25, 0.3) is 0 Å². The molecule has 1 saturated heterocycles. The zero-order valence-electron chi connectivity index (χ0n) is 15.2. The number of rotatable bonds is 5. The molecule has 2 rings (SSSR count). The second kappa shape index (κ2) is 6.77. The largest absolute Gasteiger partial charge is 0.444 e. The first-order valence-electron chi connectivity index (χ1n) is 8.66. The van der Waals surface area contributed by atoms with E-state index in [1.165, 1.54) is 0 Å². The van der Waals surface area contributed by atoms with Gasteiger partial charge in [-0.2, -0.15) is 0 Å². The molecule has 5 atom stereocenters. The third kappa shape index (κ3) is 4.11. The van der Waals surface area contributed by atoms with Crippen LogP contribution in [0.25, 0.3) is 0 Å². The van der Waals surface area contributed by atoms with Gasteiger partial charge in [0.2, 0.25) is 5.91 Å². The van der Waals surface area contributed by atoms with Crippen LogP contribution in [0.5, 0.6) is 0 Å². The summed E-state index contributed by atoms with van der Waals surface area (Å²) in [6.45, 7) is 9.16. The average molecular weight is 334 g/mol. The predicted octanol–water partition coefficient (Wildman–Crippen LogP) is 1.61. The van der Waals surface area contributed by atoms with Gasteiger partial charge in [-0.3, -0.25) is 4.79 Å². The molecule has 24 heavy (non-hydrogen) atoms. The van der Waals surface area contributed by atoms with Gasteiger partial charge in [0.05, 0.1) is 11.7 Å². The zero-order valence-corrected chi connectivity index (χ0v) is 15.2. The number of alkyl carbamates (subject to hydrolysis) is 1. The van der Waals surface area contributed by atoms with Crippen molar-refractivity contribution in [2.75, 3.05) is 0 Å². The fraction of sp³-hybridized carbons (Fsp3) is 0.824. The lowest BCUT2D eigenvalue weighted by Gasteiger charge is -2.33. The van der Waals surface area contributed by atoms with Crippen molar-refractivity contribution in [1.29, 1.82) is 0 Å². The molecule has 1 aliphatic heterocycles. The number of amides is 2. The van der Waals surface area contributed by atoms with E-state index in [1.54, 1.807) is 25.7 Å². The average Bonchev–Trinajstić information content (AvgIpc) is 3.11. The minimum atomic E-state index is -0.717. The molecule has 1 heterocycles. The Kier molecular flexibility index (Phi) is 5.30. The third-order valence-electron chi connectivity index (χ3n) is 4.84. The van der Waals surface area contributed by atoms with Gasteiger partial charge in [0.1, 0.15) is 11.6 Å². The van der Waals surface area contributed by atoms with Gasteiger partial charge in [0.15, 0.2) is 7.85 Å². The van der Waals surface area contributed by atoms with Crippen molar-refractivity contribution in [3.8, 4) is 0 Å². The predicted molar refractivity (Wildman–Crippen MR) is 90.5 cm³/mol. The Morgan fingerprint density at radius 1 is 1.29 bits per heavy atom. The maximum absolute atomic E-state index is 13.0. The number of carbonyl (C=O) groups is 3. The van der Waals surface area contributed by atoms with Gasteiger partial charge in [-0.25, -0.2) is 4.79 Å². The number of hydrogen-bond donors (Lipinski definition) is 1. The van der Waals surface area contributed by atoms with Crippen molar-refractivity contribution >= 4 is 25.5 Å². The normalized spacial score (nSPS) is 27.9. The highest BCUT2D eigenvalue weighted by molar-refractivity contribution is 6.59. The molecule has 1 saturated carbocycles. The van der Waals surface area contributed by atoms with Crippen LogP contribution in [-0.4, -0.2) is 54.2 Å². The van der Waals surface area contributed by atoms with E-state index >= 15 is 0 Å². The first-order chi connectivity index (χ1) is 11.0. The lowest BCUT2D eigenvalue weighted by molar-refractivity contribution is -0.139. The first-order valence-corrected chi connectivity index (χ1v) is 8.66. The van der Waals surface area contributed by atoms with Crippen LogP contribution >= 0.6 is 0 Å². The van der Waals surface area contributed by atoms with Crippen molar-refractivity contribution in [3.63, 3.8) is 0 Å². The molecule has 0 bridgehead atoms. The van der Waals surface area contributed by atoms with Gasteiger partial charge in [0, 0.05) is 6.04 Å². The van der Waals surface area contributed by atoms with Gasteiger partial charge in [-0.15, -0.1) is 0 Å². The summed E-state index contributed by atoms with van der Waals surface area (Å²) in [5, 5.41) is 2.69. The minimum Gasteiger partial charge on any atom is -0.444 e. The van der Waals surface area contributed by atoms with E-state index in [-0.39, 0.29) is 17.9 Å². The van der Waals surface area contributed by atoms with Crippen LogP contribution in [0.15, 0.2) is 0 Å². The highest BCUT2D eigenvalue weighted by Gasteiger charge is 2.56. The van der Waals surface area contributed by atoms with E-state index in [1.807, 2.05) is 13.8 Å². The molecular weight excluding hydrogens is 307 g/mol. The van der Waals surface area contributed by atoms with Crippen LogP contribution in [0.2, 0.25) is 0 Å². The maximum Gasteiger partial charge on any atom is 0.408 e. The molecule has 0 aromatic heterocycles. The number of likely N-dealkylation sites (tertiary alicyclic amines) is 1. The number of nitrogens with one attached hydrogen (secondary N) is 1. The molecule has 0 aromatic rings. The first kappa shape index (κ1) is 18.8. The summed E-state index contributed by atoms with van der Waals surface area (Å²) >= 11 is 0. The Morgan fingerprint density at radius 2 is 1.92 bits per heavy atom. The SMILES string of the molecule is [B]C(=O)[C@@H]1CC2CC2N1C(=O)[C@@H](NC(=O)OC(C)(C)C)C(C)CC. The number of ether oxygens (including phenoxy) is 1. The highest BCUT2D eigenvalue weighted by atomic mass is 16.6. The van der Waals surface area contributed by atoms with E-state index in [0.29, 0.717) is 12.3 Å². The fourth-order valence-electron chi connectivity index (χ4n) is 3.31. The summed E-state index contributed by atoms with van der Waals surface area (Å²) in [6.07, 6.45) is 1.64. The quantitative estimate of drug-likeness (QED) is 0.775. The lowest BCUT2D eigenvalue weighted by atomic mass is 9.90. The van der Waals surface area contributed by atoms with Gasteiger partial charge < -0.3 is 19.7 Å². The molecule has 6 nitrogen and oxygen atoms in total. The molecule has 1 N–H and O–H groups in total. The molecule has 2 aliphatic rings. The summed E-state index contributed by atoms with van der Waals surface area (Å²) in [5.41, 5.74) is -1.12. The van der Waals surface area contributed by atoms with Gasteiger partial charge >= 0.3 is 6.09 Å². The summed E-state index contributed by atoms with van der Waals surface area (Å²) in [5.74, 6) is 0.0610. The van der Waals surface area contributed by atoms with Gasteiger partial charge in [-0.1, -0.05) is 20.3 Å². The number of hydrogen-bond acceptors (Lipinski definition) is 4. The van der Waals surface area contributed by atoms with Crippen LogP contribution < -0.4 is 5.32 Å². The second-order valence-electron chi connectivity index (χ2n) is 7.97. The van der Waals surface area contributed by atoms with Crippen molar-refractivity contribution in [2.24, 2.45) is 11.8 Å². The van der Waals surface area contributed by atoms with Crippen molar-refractivity contribution in [1.82, 2.24) is 10.2 Å².